The Morgan fingerprint density at radius 1 is 1.16 bits per heavy atom. The summed E-state index contributed by atoms with van der Waals surface area (Å²) in [5.74, 6) is 0.526. The molecule has 1 fully saturated rings. The standard InChI is InChI=1S/C18H20N6O6S/c1-12-16-13(2)30-20-17(16)18(25)23(19-12)11-21-7-9-22(10-8-21)31(28,29)15-6-4-3-5-14(15)24(26)27/h3-6H,7-11H2,1-2H3. The highest BCUT2D eigenvalue weighted by molar-refractivity contribution is 7.89. The molecule has 0 spiro atoms. The summed E-state index contributed by atoms with van der Waals surface area (Å²) >= 11 is 0. The van der Waals surface area contributed by atoms with E-state index in [4.69, 9.17) is 4.52 Å². The van der Waals surface area contributed by atoms with Crippen LogP contribution in [0.1, 0.15) is 11.5 Å². The van der Waals surface area contributed by atoms with E-state index in [2.05, 4.69) is 10.3 Å². The van der Waals surface area contributed by atoms with Crippen LogP contribution in [0.5, 0.6) is 0 Å². The molecule has 4 rings (SSSR count). The first-order valence-electron chi connectivity index (χ1n) is 9.50. The van der Waals surface area contributed by atoms with Crippen LogP contribution in [-0.2, 0) is 16.7 Å². The first-order chi connectivity index (χ1) is 14.7. The van der Waals surface area contributed by atoms with Crippen LogP contribution in [0.25, 0.3) is 10.9 Å². The summed E-state index contributed by atoms with van der Waals surface area (Å²) in [6.45, 7) is 4.58. The third-order valence-corrected chi connectivity index (χ3v) is 7.22. The zero-order valence-electron chi connectivity index (χ0n) is 16.9. The van der Waals surface area contributed by atoms with Gasteiger partial charge in [0.05, 0.1) is 22.7 Å². The smallest absolute Gasteiger partial charge is 0.298 e. The highest BCUT2D eigenvalue weighted by Crippen LogP contribution is 2.27. The van der Waals surface area contributed by atoms with Crippen LogP contribution in [0.2, 0.25) is 0 Å². The Morgan fingerprint density at radius 3 is 2.52 bits per heavy atom. The molecule has 12 nitrogen and oxygen atoms in total. The second kappa shape index (κ2) is 7.83. The number of para-hydroxylation sites is 1. The van der Waals surface area contributed by atoms with E-state index in [1.807, 2.05) is 4.90 Å². The fraction of sp³-hybridized carbons (Fsp3) is 0.389. The van der Waals surface area contributed by atoms with E-state index in [9.17, 15) is 23.3 Å². The zero-order chi connectivity index (χ0) is 22.3. The number of sulfonamides is 1. The fourth-order valence-corrected chi connectivity index (χ4v) is 5.28. The average Bonchev–Trinajstić information content (AvgIpc) is 3.14. The Hall–Kier alpha value is -3.16. The molecule has 2 aromatic heterocycles. The van der Waals surface area contributed by atoms with E-state index < -0.39 is 20.6 Å². The van der Waals surface area contributed by atoms with Crippen LogP contribution in [0.4, 0.5) is 5.69 Å². The molecule has 1 aliphatic rings. The van der Waals surface area contributed by atoms with Gasteiger partial charge in [0, 0.05) is 32.2 Å². The van der Waals surface area contributed by atoms with Gasteiger partial charge in [0.15, 0.2) is 10.4 Å². The first kappa shape index (κ1) is 21.1. The summed E-state index contributed by atoms with van der Waals surface area (Å²) in [6, 6.07) is 5.29. The number of hydrogen-bond acceptors (Lipinski definition) is 9. The molecule has 1 aromatic carbocycles. The third kappa shape index (κ3) is 3.71. The van der Waals surface area contributed by atoms with Gasteiger partial charge in [-0.05, 0) is 19.9 Å². The number of aryl methyl sites for hydroxylation is 2. The Labute approximate surface area is 176 Å². The largest absolute Gasteiger partial charge is 0.360 e. The zero-order valence-corrected chi connectivity index (χ0v) is 17.7. The molecule has 0 bridgehead atoms. The van der Waals surface area contributed by atoms with E-state index in [1.54, 1.807) is 13.8 Å². The van der Waals surface area contributed by atoms with Crippen molar-refractivity contribution in [2.45, 2.75) is 25.4 Å². The lowest BCUT2D eigenvalue weighted by atomic mass is 10.2. The molecule has 0 unspecified atom stereocenters. The van der Waals surface area contributed by atoms with Gasteiger partial charge in [0.2, 0.25) is 10.0 Å². The van der Waals surface area contributed by atoms with E-state index >= 15 is 0 Å². The fourth-order valence-electron chi connectivity index (χ4n) is 3.70. The molecular formula is C18H20N6O6S. The minimum Gasteiger partial charge on any atom is -0.360 e. The number of nitro benzene ring substituents is 1. The highest BCUT2D eigenvalue weighted by atomic mass is 32.2. The summed E-state index contributed by atoms with van der Waals surface area (Å²) in [6.07, 6.45) is 0. The van der Waals surface area contributed by atoms with Crippen molar-refractivity contribution in [3.05, 3.63) is 56.2 Å². The summed E-state index contributed by atoms with van der Waals surface area (Å²) in [5, 5.41) is 20.0. The number of nitrogens with zero attached hydrogens (tertiary/aromatic N) is 6. The van der Waals surface area contributed by atoms with Gasteiger partial charge in [-0.2, -0.15) is 9.40 Å². The topological polar surface area (TPSA) is 145 Å². The average molecular weight is 448 g/mol. The molecule has 31 heavy (non-hydrogen) atoms. The molecular weight excluding hydrogens is 428 g/mol. The Balaban J connectivity index is 1.51. The molecule has 0 N–H and O–H groups in total. The number of fused-ring (bicyclic) bond motifs is 1. The summed E-state index contributed by atoms with van der Waals surface area (Å²) in [5.41, 5.74) is -0.00618. The maximum atomic E-state index is 12.9. The SMILES string of the molecule is Cc1nn(CN2CCN(S(=O)(=O)c3ccccc3[N+](=O)[O-])CC2)c(=O)c2noc(C)c12. The molecule has 0 aliphatic carbocycles. The van der Waals surface area contributed by atoms with E-state index in [-0.39, 0.29) is 35.7 Å². The van der Waals surface area contributed by atoms with Crippen molar-refractivity contribution in [1.29, 1.82) is 0 Å². The molecule has 0 amide bonds. The van der Waals surface area contributed by atoms with E-state index in [1.165, 1.54) is 33.3 Å². The molecule has 1 saturated heterocycles. The van der Waals surface area contributed by atoms with Crippen molar-refractivity contribution in [3.63, 3.8) is 0 Å². The highest BCUT2D eigenvalue weighted by Gasteiger charge is 2.33. The Morgan fingerprint density at radius 2 is 1.84 bits per heavy atom. The minimum atomic E-state index is -4.02. The normalized spacial score (nSPS) is 16.1. The van der Waals surface area contributed by atoms with Crippen molar-refractivity contribution in [3.8, 4) is 0 Å². The van der Waals surface area contributed by atoms with Crippen molar-refractivity contribution < 1.29 is 17.9 Å². The van der Waals surface area contributed by atoms with Gasteiger partial charge in [-0.25, -0.2) is 13.1 Å². The van der Waals surface area contributed by atoms with Crippen LogP contribution in [0.15, 0.2) is 38.5 Å². The van der Waals surface area contributed by atoms with Gasteiger partial charge in [0.1, 0.15) is 5.76 Å². The Kier molecular flexibility index (Phi) is 5.33. The van der Waals surface area contributed by atoms with Crippen LogP contribution in [0.3, 0.4) is 0 Å². The lowest BCUT2D eigenvalue weighted by molar-refractivity contribution is -0.387. The summed E-state index contributed by atoms with van der Waals surface area (Å²) < 4.78 is 33.5. The quantitative estimate of drug-likeness (QED) is 0.410. The predicted molar refractivity (Wildman–Crippen MR) is 109 cm³/mol. The minimum absolute atomic E-state index is 0.132. The molecule has 3 heterocycles. The van der Waals surface area contributed by atoms with Crippen molar-refractivity contribution in [2.24, 2.45) is 0 Å². The van der Waals surface area contributed by atoms with Gasteiger partial charge in [-0.3, -0.25) is 19.8 Å². The number of rotatable bonds is 5. The summed E-state index contributed by atoms with van der Waals surface area (Å²) in [7, 11) is -4.02. The van der Waals surface area contributed by atoms with Gasteiger partial charge >= 0.3 is 0 Å². The van der Waals surface area contributed by atoms with Gasteiger partial charge in [0.25, 0.3) is 11.2 Å². The molecule has 0 saturated carbocycles. The first-order valence-corrected chi connectivity index (χ1v) is 10.9. The monoisotopic (exact) mass is 448 g/mol. The summed E-state index contributed by atoms with van der Waals surface area (Å²) in [4.78, 5) is 24.7. The predicted octanol–water partition coefficient (Wildman–Crippen LogP) is 0.874. The van der Waals surface area contributed by atoms with E-state index in [0.29, 0.717) is 29.9 Å². The second-order valence-electron chi connectivity index (χ2n) is 7.24. The lowest BCUT2D eigenvalue weighted by Crippen LogP contribution is -2.50. The molecule has 3 aromatic rings. The Bertz CT molecular complexity index is 1320. The van der Waals surface area contributed by atoms with Crippen LogP contribution in [-0.4, -0.2) is 63.7 Å². The van der Waals surface area contributed by atoms with E-state index in [0.717, 1.165) is 0 Å². The maximum Gasteiger partial charge on any atom is 0.298 e. The maximum absolute atomic E-state index is 12.9. The number of benzene rings is 1. The number of nitro groups is 1. The van der Waals surface area contributed by atoms with Crippen LogP contribution in [0, 0.1) is 24.0 Å². The second-order valence-corrected chi connectivity index (χ2v) is 9.15. The van der Waals surface area contributed by atoms with Gasteiger partial charge < -0.3 is 4.52 Å². The van der Waals surface area contributed by atoms with Gasteiger partial charge in [-0.15, -0.1) is 0 Å². The lowest BCUT2D eigenvalue weighted by Gasteiger charge is -2.33. The molecule has 13 heteroatoms. The van der Waals surface area contributed by atoms with Crippen LogP contribution < -0.4 is 5.56 Å². The molecule has 0 atom stereocenters. The molecule has 164 valence electrons. The van der Waals surface area contributed by atoms with Crippen molar-refractivity contribution in [2.75, 3.05) is 26.2 Å². The van der Waals surface area contributed by atoms with Crippen molar-refractivity contribution in [1.82, 2.24) is 24.1 Å². The third-order valence-electron chi connectivity index (χ3n) is 5.28. The molecule has 1 aliphatic heterocycles. The number of aromatic nitrogens is 3. The van der Waals surface area contributed by atoms with Crippen molar-refractivity contribution >= 4 is 26.6 Å². The van der Waals surface area contributed by atoms with Gasteiger partial charge in [-0.1, -0.05) is 17.3 Å². The number of piperazine rings is 1. The van der Waals surface area contributed by atoms with Crippen LogP contribution >= 0.6 is 0 Å². The number of hydrogen-bond donors (Lipinski definition) is 0. The molecule has 0 radical (unpaired) electrons.